The van der Waals surface area contributed by atoms with Gasteiger partial charge in [0.2, 0.25) is 12.1 Å². The van der Waals surface area contributed by atoms with Crippen molar-refractivity contribution in [2.45, 2.75) is 46.3 Å². The second kappa shape index (κ2) is 8.62. The average Bonchev–Trinajstić information content (AvgIpc) is 3.56. The number of benzene rings is 2. The van der Waals surface area contributed by atoms with Gasteiger partial charge in [0.15, 0.2) is 5.89 Å². The number of oxazole rings is 1. The summed E-state index contributed by atoms with van der Waals surface area (Å²) in [7, 11) is 0. The van der Waals surface area contributed by atoms with Crippen molar-refractivity contribution in [1.82, 2.24) is 10.1 Å². The third kappa shape index (κ3) is 4.04. The van der Waals surface area contributed by atoms with Gasteiger partial charge in [-0.25, -0.2) is 4.98 Å². The van der Waals surface area contributed by atoms with E-state index in [0.717, 1.165) is 39.3 Å². The zero-order valence-electron chi connectivity index (χ0n) is 19.3. The van der Waals surface area contributed by atoms with Crippen LogP contribution in [0.3, 0.4) is 0 Å². The molecule has 1 atom stereocenters. The van der Waals surface area contributed by atoms with E-state index in [-0.39, 0.29) is 6.23 Å². The van der Waals surface area contributed by atoms with E-state index in [1.807, 2.05) is 37.2 Å². The fraction of sp³-hybridized carbons (Fsp3) is 0.259. The highest BCUT2D eigenvalue weighted by molar-refractivity contribution is 5.68. The normalized spacial score (nSPS) is 15.4. The van der Waals surface area contributed by atoms with E-state index in [9.17, 15) is 0 Å². The summed E-state index contributed by atoms with van der Waals surface area (Å²) in [6.07, 6.45) is 5.65. The smallest absolute Gasteiger partial charge is 0.237 e. The summed E-state index contributed by atoms with van der Waals surface area (Å²) < 4.78 is 17.6. The van der Waals surface area contributed by atoms with Crippen LogP contribution in [0.15, 0.2) is 76.1 Å². The Morgan fingerprint density at radius 1 is 1.06 bits per heavy atom. The maximum absolute atomic E-state index is 6.03. The molecule has 1 aliphatic heterocycles. The number of nitrogens with zero attached hydrogens (tertiary/aromatic N) is 3. The summed E-state index contributed by atoms with van der Waals surface area (Å²) in [5, 5.41) is 4.11. The van der Waals surface area contributed by atoms with Gasteiger partial charge in [0.25, 0.3) is 0 Å². The minimum atomic E-state index is -0.338. The van der Waals surface area contributed by atoms with Gasteiger partial charge in [-0.15, -0.1) is 0 Å². The minimum Gasteiger partial charge on any atom is -0.472 e. The van der Waals surface area contributed by atoms with E-state index in [1.165, 1.54) is 0 Å². The highest BCUT2D eigenvalue weighted by Gasteiger charge is 2.29. The van der Waals surface area contributed by atoms with E-state index >= 15 is 0 Å². The van der Waals surface area contributed by atoms with E-state index in [1.54, 1.807) is 6.26 Å². The molecule has 0 N–H and O–H groups in total. The fourth-order valence-corrected chi connectivity index (χ4v) is 4.03. The van der Waals surface area contributed by atoms with E-state index in [2.05, 4.69) is 66.5 Å². The number of hydrogen-bond donors (Lipinski definition) is 0. The maximum atomic E-state index is 6.03. The van der Waals surface area contributed by atoms with Crippen molar-refractivity contribution in [1.29, 1.82) is 0 Å². The van der Waals surface area contributed by atoms with Crippen molar-refractivity contribution >= 4 is 5.88 Å². The Balaban J connectivity index is 1.53. The van der Waals surface area contributed by atoms with E-state index in [0.29, 0.717) is 24.1 Å². The van der Waals surface area contributed by atoms with Gasteiger partial charge in [0.05, 0.1) is 11.9 Å². The molecule has 1 aliphatic rings. The second-order valence-corrected chi connectivity index (χ2v) is 8.65. The average molecular weight is 442 g/mol. The molecule has 168 valence electrons. The Morgan fingerprint density at radius 2 is 1.88 bits per heavy atom. The Morgan fingerprint density at radius 3 is 2.58 bits per heavy atom. The van der Waals surface area contributed by atoms with Crippen molar-refractivity contribution in [3.05, 3.63) is 101 Å². The van der Waals surface area contributed by atoms with Crippen LogP contribution in [0.5, 0.6) is 0 Å². The molecule has 0 radical (unpaired) electrons. The van der Waals surface area contributed by atoms with Crippen LogP contribution in [0.4, 0.5) is 5.88 Å². The number of anilines is 1. The maximum Gasteiger partial charge on any atom is 0.237 e. The standard InChI is InChI=1S/C27H27N3O3/c1-17(2)24-16-28-25(32-24)15-22-14-21(10-11-23(22)20-8-6-5-7-9-20)27-30(12-13-31-27)26-18(3)19(4)29-33-26/h5-14,16-17,27H,15H2,1-4H3. The summed E-state index contributed by atoms with van der Waals surface area (Å²) in [5.41, 5.74) is 6.30. The lowest BCUT2D eigenvalue weighted by molar-refractivity contribution is 0.169. The Kier molecular flexibility index (Phi) is 5.50. The molecular weight excluding hydrogens is 414 g/mol. The first-order chi connectivity index (χ1) is 16.0. The molecule has 0 bridgehead atoms. The van der Waals surface area contributed by atoms with Gasteiger partial charge in [-0.2, -0.15) is 0 Å². The van der Waals surface area contributed by atoms with Gasteiger partial charge in [0, 0.05) is 29.7 Å². The molecule has 2 aromatic heterocycles. The lowest BCUT2D eigenvalue weighted by atomic mass is 9.95. The van der Waals surface area contributed by atoms with Gasteiger partial charge in [0.1, 0.15) is 12.0 Å². The predicted octanol–water partition coefficient (Wildman–Crippen LogP) is 6.67. The van der Waals surface area contributed by atoms with Crippen molar-refractivity contribution in [2.75, 3.05) is 4.90 Å². The topological polar surface area (TPSA) is 64.5 Å². The van der Waals surface area contributed by atoms with Crippen LogP contribution in [0, 0.1) is 13.8 Å². The van der Waals surface area contributed by atoms with E-state index < -0.39 is 0 Å². The van der Waals surface area contributed by atoms with Crippen molar-refractivity contribution in [3.63, 3.8) is 0 Å². The first kappa shape index (κ1) is 21.1. The van der Waals surface area contributed by atoms with E-state index in [4.69, 9.17) is 13.7 Å². The Labute approximate surface area is 193 Å². The molecule has 0 amide bonds. The zero-order valence-corrected chi connectivity index (χ0v) is 19.3. The monoisotopic (exact) mass is 441 g/mol. The summed E-state index contributed by atoms with van der Waals surface area (Å²) >= 11 is 0. The number of hydrogen-bond acceptors (Lipinski definition) is 6. The largest absolute Gasteiger partial charge is 0.472 e. The van der Waals surface area contributed by atoms with Crippen molar-refractivity contribution in [3.8, 4) is 11.1 Å². The molecule has 6 nitrogen and oxygen atoms in total. The fourth-order valence-electron chi connectivity index (χ4n) is 4.03. The molecule has 0 aliphatic carbocycles. The zero-order chi connectivity index (χ0) is 22.9. The quantitative estimate of drug-likeness (QED) is 0.333. The minimum absolute atomic E-state index is 0.298. The molecule has 0 saturated carbocycles. The van der Waals surface area contributed by atoms with Crippen LogP contribution < -0.4 is 4.90 Å². The molecule has 5 rings (SSSR count). The molecule has 6 heteroatoms. The van der Waals surface area contributed by atoms with Crippen LogP contribution in [0.2, 0.25) is 0 Å². The van der Waals surface area contributed by atoms with Crippen LogP contribution in [0.25, 0.3) is 11.1 Å². The molecule has 0 spiro atoms. The molecule has 1 unspecified atom stereocenters. The van der Waals surface area contributed by atoms with Crippen LogP contribution in [0.1, 0.15) is 60.0 Å². The molecule has 0 saturated heterocycles. The van der Waals surface area contributed by atoms with Crippen molar-refractivity contribution in [2.24, 2.45) is 0 Å². The lowest BCUT2D eigenvalue weighted by Gasteiger charge is -2.23. The van der Waals surface area contributed by atoms with Gasteiger partial charge >= 0.3 is 0 Å². The summed E-state index contributed by atoms with van der Waals surface area (Å²) in [6.45, 7) is 8.15. The van der Waals surface area contributed by atoms with Gasteiger partial charge in [-0.3, -0.25) is 4.90 Å². The summed E-state index contributed by atoms with van der Waals surface area (Å²) in [5.74, 6) is 2.59. The summed E-state index contributed by atoms with van der Waals surface area (Å²) in [6, 6.07) is 16.8. The molecule has 0 fully saturated rings. The SMILES string of the molecule is Cc1noc(N2C=COC2c2ccc(-c3ccccc3)c(Cc3ncc(C(C)C)o3)c2)c1C. The highest BCUT2D eigenvalue weighted by atomic mass is 16.5. The number of aryl methyl sites for hydroxylation is 1. The number of rotatable bonds is 6. The Hall–Kier alpha value is -3.80. The molecule has 2 aromatic carbocycles. The van der Waals surface area contributed by atoms with Crippen LogP contribution >= 0.6 is 0 Å². The molecule has 33 heavy (non-hydrogen) atoms. The Bertz CT molecular complexity index is 1290. The van der Waals surface area contributed by atoms with Gasteiger partial charge in [-0.1, -0.05) is 61.5 Å². The lowest BCUT2D eigenvalue weighted by Crippen LogP contribution is -2.20. The molecular formula is C27H27N3O3. The second-order valence-electron chi connectivity index (χ2n) is 8.65. The first-order valence-electron chi connectivity index (χ1n) is 11.2. The molecule has 4 aromatic rings. The highest BCUT2D eigenvalue weighted by Crippen LogP contribution is 2.37. The van der Waals surface area contributed by atoms with Crippen molar-refractivity contribution < 1.29 is 13.7 Å². The molecule has 3 heterocycles. The van der Waals surface area contributed by atoms with Gasteiger partial charge < -0.3 is 13.7 Å². The van der Waals surface area contributed by atoms with Crippen LogP contribution in [-0.2, 0) is 11.2 Å². The predicted molar refractivity (Wildman–Crippen MR) is 127 cm³/mol. The summed E-state index contributed by atoms with van der Waals surface area (Å²) in [4.78, 5) is 6.50. The van der Waals surface area contributed by atoms with Gasteiger partial charge in [-0.05, 0) is 36.6 Å². The first-order valence-corrected chi connectivity index (χ1v) is 11.2. The number of aromatic nitrogens is 2. The third-order valence-electron chi connectivity index (χ3n) is 6.03. The number of ether oxygens (including phenoxy) is 1. The third-order valence-corrected chi connectivity index (χ3v) is 6.03. The van der Waals surface area contributed by atoms with Crippen LogP contribution in [-0.4, -0.2) is 10.1 Å².